The van der Waals surface area contributed by atoms with Crippen LogP contribution in [0.1, 0.15) is 44.5 Å². The SMILES string of the molecule is CCCOc1c(Cl)cc(C(=O)OCC2=C(C(=O)OCC)C(C)NC(=O)N2)cc1OCC. The molecular formula is C21H27ClN2O7. The van der Waals surface area contributed by atoms with Crippen LogP contribution in [0.3, 0.4) is 0 Å². The third kappa shape index (κ3) is 6.27. The molecule has 10 heteroatoms. The van der Waals surface area contributed by atoms with E-state index in [1.807, 2.05) is 6.92 Å². The van der Waals surface area contributed by atoms with Crippen molar-refractivity contribution in [2.45, 2.75) is 40.2 Å². The molecule has 0 fully saturated rings. The third-order valence-corrected chi connectivity index (χ3v) is 4.49. The lowest BCUT2D eigenvalue weighted by atomic mass is 10.0. The third-order valence-electron chi connectivity index (χ3n) is 4.21. The number of amides is 2. The van der Waals surface area contributed by atoms with Crippen LogP contribution < -0.4 is 20.1 Å². The number of hydrogen-bond acceptors (Lipinski definition) is 7. The highest BCUT2D eigenvalue weighted by molar-refractivity contribution is 6.32. The maximum Gasteiger partial charge on any atom is 0.338 e. The van der Waals surface area contributed by atoms with Gasteiger partial charge in [0.15, 0.2) is 11.5 Å². The van der Waals surface area contributed by atoms with E-state index in [9.17, 15) is 14.4 Å². The monoisotopic (exact) mass is 454 g/mol. The first kappa shape index (κ1) is 24.3. The predicted octanol–water partition coefficient (Wildman–Crippen LogP) is 3.20. The van der Waals surface area contributed by atoms with E-state index in [0.29, 0.717) is 24.7 Å². The minimum atomic E-state index is -0.707. The molecule has 0 saturated heterocycles. The summed E-state index contributed by atoms with van der Waals surface area (Å²) in [6.07, 6.45) is 0.780. The molecule has 1 unspecified atom stereocenters. The van der Waals surface area contributed by atoms with Crippen molar-refractivity contribution in [3.8, 4) is 11.5 Å². The van der Waals surface area contributed by atoms with Crippen molar-refractivity contribution in [2.24, 2.45) is 0 Å². The fourth-order valence-corrected chi connectivity index (χ4v) is 3.17. The molecule has 1 heterocycles. The highest BCUT2D eigenvalue weighted by atomic mass is 35.5. The molecule has 0 saturated carbocycles. The maximum absolute atomic E-state index is 12.6. The zero-order valence-corrected chi connectivity index (χ0v) is 18.8. The van der Waals surface area contributed by atoms with Crippen molar-refractivity contribution in [3.63, 3.8) is 0 Å². The number of halogens is 1. The van der Waals surface area contributed by atoms with E-state index >= 15 is 0 Å². The second-order valence-corrected chi connectivity index (χ2v) is 6.98. The Morgan fingerprint density at radius 1 is 1.06 bits per heavy atom. The number of hydrogen-bond donors (Lipinski definition) is 2. The molecule has 1 aromatic carbocycles. The number of ether oxygens (including phenoxy) is 4. The van der Waals surface area contributed by atoms with Crippen LogP contribution in [0.15, 0.2) is 23.4 Å². The minimum absolute atomic E-state index is 0.142. The number of rotatable bonds is 10. The van der Waals surface area contributed by atoms with E-state index in [-0.39, 0.29) is 35.1 Å². The first-order chi connectivity index (χ1) is 14.8. The number of carbonyl (C=O) groups excluding carboxylic acids is 3. The molecule has 1 aliphatic heterocycles. The molecule has 1 atom stereocenters. The number of urea groups is 1. The standard InChI is InChI=1S/C21H27ClN2O7/c1-5-8-30-18-14(22)9-13(10-16(18)28-6-2)19(25)31-11-15-17(20(26)29-7-3)12(4)23-21(27)24-15/h9-10,12H,5-8,11H2,1-4H3,(H2,23,24,27). The van der Waals surface area contributed by atoms with E-state index in [1.165, 1.54) is 12.1 Å². The summed E-state index contributed by atoms with van der Waals surface area (Å²) >= 11 is 6.29. The van der Waals surface area contributed by atoms with Crippen molar-refractivity contribution in [1.29, 1.82) is 0 Å². The minimum Gasteiger partial charge on any atom is -0.490 e. The highest BCUT2D eigenvalue weighted by Gasteiger charge is 2.30. The Labute approximate surface area is 186 Å². The normalized spacial score (nSPS) is 15.6. The lowest BCUT2D eigenvalue weighted by molar-refractivity contribution is -0.139. The molecular weight excluding hydrogens is 428 g/mol. The number of esters is 2. The first-order valence-electron chi connectivity index (χ1n) is 10.1. The molecule has 1 aliphatic rings. The van der Waals surface area contributed by atoms with Gasteiger partial charge in [0.25, 0.3) is 0 Å². The second-order valence-electron chi connectivity index (χ2n) is 6.58. The van der Waals surface area contributed by atoms with Crippen molar-refractivity contribution >= 4 is 29.6 Å². The molecule has 0 aromatic heterocycles. The van der Waals surface area contributed by atoms with Crippen molar-refractivity contribution in [2.75, 3.05) is 26.4 Å². The van der Waals surface area contributed by atoms with Crippen LogP contribution in [0.5, 0.6) is 11.5 Å². The average Bonchev–Trinajstić information content (AvgIpc) is 2.71. The molecule has 1 aromatic rings. The summed E-state index contributed by atoms with van der Waals surface area (Å²) in [5, 5.41) is 5.28. The summed E-state index contributed by atoms with van der Waals surface area (Å²) in [7, 11) is 0. The number of nitrogens with one attached hydrogen (secondary N) is 2. The molecule has 170 valence electrons. The van der Waals surface area contributed by atoms with Gasteiger partial charge in [-0.1, -0.05) is 18.5 Å². The molecule has 2 N–H and O–H groups in total. The molecule has 31 heavy (non-hydrogen) atoms. The first-order valence-corrected chi connectivity index (χ1v) is 10.4. The van der Waals surface area contributed by atoms with Gasteiger partial charge >= 0.3 is 18.0 Å². The van der Waals surface area contributed by atoms with Gasteiger partial charge in [0, 0.05) is 0 Å². The average molecular weight is 455 g/mol. The van der Waals surface area contributed by atoms with Crippen molar-refractivity contribution < 1.29 is 33.3 Å². The van der Waals surface area contributed by atoms with Crippen molar-refractivity contribution in [3.05, 3.63) is 34.0 Å². The van der Waals surface area contributed by atoms with Crippen molar-refractivity contribution in [1.82, 2.24) is 10.6 Å². The van der Waals surface area contributed by atoms with Crippen LogP contribution in [-0.4, -0.2) is 50.4 Å². The lowest BCUT2D eigenvalue weighted by Gasteiger charge is -2.26. The van der Waals surface area contributed by atoms with E-state index in [4.69, 9.17) is 30.5 Å². The molecule has 0 bridgehead atoms. The van der Waals surface area contributed by atoms with Gasteiger partial charge in [0.1, 0.15) is 6.61 Å². The zero-order chi connectivity index (χ0) is 23.0. The Morgan fingerprint density at radius 2 is 1.81 bits per heavy atom. The molecule has 0 aliphatic carbocycles. The Balaban J connectivity index is 2.24. The van der Waals surface area contributed by atoms with Crippen LogP contribution in [0, 0.1) is 0 Å². The summed E-state index contributed by atoms with van der Waals surface area (Å²) in [6.45, 7) is 7.69. The Kier molecular flexibility index (Phi) is 8.99. The largest absolute Gasteiger partial charge is 0.490 e. The quantitative estimate of drug-likeness (QED) is 0.522. The van der Waals surface area contributed by atoms with Gasteiger partial charge in [-0.15, -0.1) is 0 Å². The van der Waals surface area contributed by atoms with E-state index in [1.54, 1.807) is 20.8 Å². The molecule has 2 amide bonds. The molecule has 0 radical (unpaired) electrons. The molecule has 2 rings (SSSR count). The van der Waals surface area contributed by atoms with Gasteiger partial charge in [-0.3, -0.25) is 0 Å². The van der Waals surface area contributed by atoms with Gasteiger partial charge < -0.3 is 29.6 Å². The van der Waals surface area contributed by atoms with Crippen LogP contribution >= 0.6 is 11.6 Å². The van der Waals surface area contributed by atoms with Crippen LogP contribution in [-0.2, 0) is 14.3 Å². The van der Waals surface area contributed by atoms with Crippen LogP contribution in [0.4, 0.5) is 4.79 Å². The summed E-state index contributed by atoms with van der Waals surface area (Å²) in [6, 6.07) is 1.79. The summed E-state index contributed by atoms with van der Waals surface area (Å²) in [5.41, 5.74) is 0.483. The van der Waals surface area contributed by atoms with Crippen LogP contribution in [0.25, 0.3) is 0 Å². The Hall–Kier alpha value is -2.94. The van der Waals surface area contributed by atoms with E-state index in [0.717, 1.165) is 6.42 Å². The lowest BCUT2D eigenvalue weighted by Crippen LogP contribution is -2.50. The topological polar surface area (TPSA) is 112 Å². The van der Waals surface area contributed by atoms with E-state index < -0.39 is 24.0 Å². The highest BCUT2D eigenvalue weighted by Crippen LogP contribution is 2.37. The van der Waals surface area contributed by atoms with Crippen LogP contribution in [0.2, 0.25) is 5.02 Å². The second kappa shape index (κ2) is 11.5. The predicted molar refractivity (Wildman–Crippen MR) is 113 cm³/mol. The molecule has 0 spiro atoms. The summed E-state index contributed by atoms with van der Waals surface area (Å²) < 4.78 is 21.5. The Bertz CT molecular complexity index is 870. The molecule has 9 nitrogen and oxygen atoms in total. The smallest absolute Gasteiger partial charge is 0.338 e. The zero-order valence-electron chi connectivity index (χ0n) is 18.0. The Morgan fingerprint density at radius 3 is 2.45 bits per heavy atom. The number of benzene rings is 1. The fraction of sp³-hybridized carbons (Fsp3) is 0.476. The van der Waals surface area contributed by atoms with Gasteiger partial charge in [-0.25, -0.2) is 14.4 Å². The van der Waals surface area contributed by atoms with Gasteiger partial charge in [0.05, 0.1) is 47.7 Å². The van der Waals surface area contributed by atoms with E-state index in [2.05, 4.69) is 10.6 Å². The van der Waals surface area contributed by atoms with Gasteiger partial charge in [-0.2, -0.15) is 0 Å². The number of carbonyl (C=O) groups is 3. The summed E-state index contributed by atoms with van der Waals surface area (Å²) in [4.78, 5) is 36.7. The maximum atomic E-state index is 12.6. The fourth-order valence-electron chi connectivity index (χ4n) is 2.91. The van der Waals surface area contributed by atoms with Gasteiger partial charge in [0.2, 0.25) is 0 Å². The summed E-state index contributed by atoms with van der Waals surface area (Å²) in [5.74, 6) is -0.632. The van der Waals surface area contributed by atoms with Gasteiger partial charge in [-0.05, 0) is 39.3 Å².